The molecule has 1 aliphatic heterocycles. The Labute approximate surface area is 138 Å². The van der Waals surface area contributed by atoms with Gasteiger partial charge in [-0.05, 0) is 25.0 Å². The molecule has 6 nitrogen and oxygen atoms in total. The van der Waals surface area contributed by atoms with E-state index in [1.807, 2.05) is 18.2 Å². The van der Waals surface area contributed by atoms with Crippen LogP contribution in [-0.2, 0) is 11.2 Å². The second kappa shape index (κ2) is 9.12. The molecule has 1 aromatic heterocycles. The number of aromatic nitrogens is 1. The van der Waals surface area contributed by atoms with E-state index in [-0.39, 0.29) is 12.5 Å². The van der Waals surface area contributed by atoms with Crippen LogP contribution in [0.3, 0.4) is 0 Å². The molecular weight excluding hydrogens is 290 g/mol. The van der Waals surface area contributed by atoms with Crippen LogP contribution in [0.15, 0.2) is 29.4 Å². The minimum atomic E-state index is -0.0151. The van der Waals surface area contributed by atoms with E-state index in [1.54, 1.807) is 18.1 Å². The Morgan fingerprint density at radius 2 is 2.04 bits per heavy atom. The first kappa shape index (κ1) is 17.2. The maximum Gasteiger partial charge on any atom is 0.244 e. The number of guanidine groups is 1. The van der Waals surface area contributed by atoms with Crippen LogP contribution in [-0.4, -0.2) is 59.9 Å². The van der Waals surface area contributed by atoms with E-state index < -0.39 is 0 Å². The maximum atomic E-state index is 12.1. The molecule has 2 N–H and O–H groups in total. The van der Waals surface area contributed by atoms with Crippen molar-refractivity contribution in [3.05, 3.63) is 30.1 Å². The number of aliphatic imine (C=N–C) groups is 1. The summed E-state index contributed by atoms with van der Waals surface area (Å²) in [4.78, 5) is 24.5. The average molecular weight is 317 g/mol. The molecule has 1 fully saturated rings. The zero-order valence-corrected chi connectivity index (χ0v) is 13.9. The fourth-order valence-corrected chi connectivity index (χ4v) is 2.62. The molecule has 126 valence electrons. The second-order valence-electron chi connectivity index (χ2n) is 5.96. The number of carbonyl (C=O) groups excluding carboxylic acids is 1. The molecule has 1 amide bonds. The van der Waals surface area contributed by atoms with Crippen LogP contribution in [0.4, 0.5) is 0 Å². The lowest BCUT2D eigenvalue weighted by Crippen LogP contribution is -2.39. The quantitative estimate of drug-likeness (QED) is 0.655. The van der Waals surface area contributed by atoms with E-state index in [1.165, 1.54) is 12.8 Å². The van der Waals surface area contributed by atoms with Crippen molar-refractivity contribution in [3.63, 3.8) is 0 Å². The van der Waals surface area contributed by atoms with Crippen molar-refractivity contribution in [2.75, 3.05) is 33.2 Å². The first-order valence-corrected chi connectivity index (χ1v) is 8.35. The Balaban J connectivity index is 1.77. The minimum absolute atomic E-state index is 0.0151. The highest BCUT2D eigenvalue weighted by Crippen LogP contribution is 2.09. The molecule has 1 aliphatic rings. The summed E-state index contributed by atoms with van der Waals surface area (Å²) in [6, 6.07) is 5.81. The van der Waals surface area contributed by atoms with Crippen LogP contribution in [0.2, 0.25) is 0 Å². The van der Waals surface area contributed by atoms with Crippen molar-refractivity contribution in [2.24, 2.45) is 10.7 Å². The number of hydrogen-bond acceptors (Lipinski definition) is 3. The molecule has 0 atom stereocenters. The molecule has 0 radical (unpaired) electrons. The van der Waals surface area contributed by atoms with E-state index in [0.29, 0.717) is 12.5 Å². The average Bonchev–Trinajstić information content (AvgIpc) is 2.87. The number of amides is 1. The molecule has 0 unspecified atom stereocenters. The predicted octanol–water partition coefficient (Wildman–Crippen LogP) is 1.27. The molecule has 1 aromatic rings. The Kier molecular flexibility index (Phi) is 6.84. The topological polar surface area (TPSA) is 74.8 Å². The lowest BCUT2D eigenvalue weighted by Gasteiger charge is -2.21. The van der Waals surface area contributed by atoms with Crippen molar-refractivity contribution in [3.8, 4) is 0 Å². The van der Waals surface area contributed by atoms with Gasteiger partial charge in [0.25, 0.3) is 0 Å². The van der Waals surface area contributed by atoms with Gasteiger partial charge in [0.15, 0.2) is 5.96 Å². The lowest BCUT2D eigenvalue weighted by atomic mass is 10.2. The smallest absolute Gasteiger partial charge is 0.244 e. The molecule has 0 aliphatic carbocycles. The van der Waals surface area contributed by atoms with Gasteiger partial charge in [-0.1, -0.05) is 18.9 Å². The first-order valence-electron chi connectivity index (χ1n) is 8.35. The number of nitrogens with two attached hydrogens (primary N) is 1. The SMILES string of the molecule is CN(CCc1ccccn1)C(=O)CN=C(N)N1CCCCCC1. The molecule has 0 aromatic carbocycles. The van der Waals surface area contributed by atoms with Gasteiger partial charge in [-0.15, -0.1) is 0 Å². The van der Waals surface area contributed by atoms with E-state index in [4.69, 9.17) is 5.73 Å². The van der Waals surface area contributed by atoms with Crippen molar-refractivity contribution >= 4 is 11.9 Å². The largest absolute Gasteiger partial charge is 0.370 e. The summed E-state index contributed by atoms with van der Waals surface area (Å²) < 4.78 is 0. The zero-order chi connectivity index (χ0) is 16.5. The van der Waals surface area contributed by atoms with Gasteiger partial charge in [-0.3, -0.25) is 9.78 Å². The van der Waals surface area contributed by atoms with Crippen LogP contribution in [0.5, 0.6) is 0 Å². The molecule has 2 rings (SSSR count). The fraction of sp³-hybridized carbons (Fsp3) is 0.588. The number of likely N-dealkylation sites (tertiary alicyclic amines) is 1. The highest BCUT2D eigenvalue weighted by atomic mass is 16.2. The summed E-state index contributed by atoms with van der Waals surface area (Å²) in [5, 5.41) is 0. The summed E-state index contributed by atoms with van der Waals surface area (Å²) in [5.41, 5.74) is 7.01. The van der Waals surface area contributed by atoms with Crippen molar-refractivity contribution in [2.45, 2.75) is 32.1 Å². The van der Waals surface area contributed by atoms with Crippen LogP contribution in [0.25, 0.3) is 0 Å². The van der Waals surface area contributed by atoms with E-state index in [9.17, 15) is 4.79 Å². The van der Waals surface area contributed by atoms with Crippen LogP contribution < -0.4 is 5.73 Å². The minimum Gasteiger partial charge on any atom is -0.370 e. The number of hydrogen-bond donors (Lipinski definition) is 1. The number of rotatable bonds is 5. The van der Waals surface area contributed by atoms with Crippen molar-refractivity contribution < 1.29 is 4.79 Å². The zero-order valence-electron chi connectivity index (χ0n) is 13.9. The molecule has 0 spiro atoms. The molecule has 0 bridgehead atoms. The first-order chi connectivity index (χ1) is 11.2. The third-order valence-corrected chi connectivity index (χ3v) is 4.16. The Bertz CT molecular complexity index is 509. The lowest BCUT2D eigenvalue weighted by molar-refractivity contribution is -0.128. The Morgan fingerprint density at radius 1 is 1.30 bits per heavy atom. The summed E-state index contributed by atoms with van der Waals surface area (Å²) in [6.07, 6.45) is 7.30. The summed E-state index contributed by atoms with van der Waals surface area (Å²) in [5.74, 6) is 0.483. The summed E-state index contributed by atoms with van der Waals surface area (Å²) >= 11 is 0. The van der Waals surface area contributed by atoms with Gasteiger partial charge in [-0.25, -0.2) is 4.99 Å². The highest BCUT2D eigenvalue weighted by Gasteiger charge is 2.13. The van der Waals surface area contributed by atoms with Crippen molar-refractivity contribution in [1.29, 1.82) is 0 Å². The predicted molar refractivity (Wildman–Crippen MR) is 92.1 cm³/mol. The van der Waals surface area contributed by atoms with Gasteiger partial charge in [-0.2, -0.15) is 0 Å². The van der Waals surface area contributed by atoms with Gasteiger partial charge < -0.3 is 15.5 Å². The molecular formula is C17H27N5O. The molecule has 0 saturated carbocycles. The standard InChI is InChI=1S/C17H27N5O/c1-21(13-9-15-8-4-5-10-19-15)16(23)14-20-17(18)22-11-6-2-3-7-12-22/h4-5,8,10H,2-3,6-7,9,11-14H2,1H3,(H2,18,20). The normalized spacial score (nSPS) is 16.0. The van der Waals surface area contributed by atoms with E-state index >= 15 is 0 Å². The van der Waals surface area contributed by atoms with E-state index in [0.717, 1.165) is 38.0 Å². The van der Waals surface area contributed by atoms with Gasteiger partial charge in [0.2, 0.25) is 5.91 Å². The molecule has 6 heteroatoms. The highest BCUT2D eigenvalue weighted by molar-refractivity contribution is 5.84. The number of carbonyl (C=O) groups is 1. The second-order valence-corrected chi connectivity index (χ2v) is 5.96. The summed E-state index contributed by atoms with van der Waals surface area (Å²) in [7, 11) is 1.79. The number of nitrogens with zero attached hydrogens (tertiary/aromatic N) is 4. The van der Waals surface area contributed by atoms with Crippen LogP contribution in [0.1, 0.15) is 31.4 Å². The van der Waals surface area contributed by atoms with Crippen molar-refractivity contribution in [1.82, 2.24) is 14.8 Å². The fourth-order valence-electron chi connectivity index (χ4n) is 2.62. The Morgan fingerprint density at radius 3 is 2.70 bits per heavy atom. The number of pyridine rings is 1. The third kappa shape index (κ3) is 5.88. The molecule has 1 saturated heterocycles. The monoisotopic (exact) mass is 317 g/mol. The molecule has 23 heavy (non-hydrogen) atoms. The van der Waals surface area contributed by atoms with Gasteiger partial charge in [0.1, 0.15) is 6.54 Å². The van der Waals surface area contributed by atoms with Gasteiger partial charge >= 0.3 is 0 Å². The van der Waals surface area contributed by atoms with Crippen LogP contribution >= 0.6 is 0 Å². The van der Waals surface area contributed by atoms with Gasteiger partial charge in [0, 0.05) is 45.0 Å². The van der Waals surface area contributed by atoms with E-state index in [2.05, 4.69) is 14.9 Å². The maximum absolute atomic E-state index is 12.1. The summed E-state index contributed by atoms with van der Waals surface area (Å²) in [6.45, 7) is 2.63. The number of likely N-dealkylation sites (N-methyl/N-ethyl adjacent to an activating group) is 1. The molecule has 2 heterocycles. The van der Waals surface area contributed by atoms with Gasteiger partial charge in [0.05, 0.1) is 0 Å². The third-order valence-electron chi connectivity index (χ3n) is 4.16. The van der Waals surface area contributed by atoms with Crippen LogP contribution in [0, 0.1) is 0 Å². The Hall–Kier alpha value is -2.11.